The van der Waals surface area contributed by atoms with Crippen LogP contribution in [0, 0.1) is 5.82 Å². The molecule has 0 spiro atoms. The molecule has 0 radical (unpaired) electrons. The number of H-pyrrole nitrogens is 2. The van der Waals surface area contributed by atoms with E-state index in [4.69, 9.17) is 0 Å². The summed E-state index contributed by atoms with van der Waals surface area (Å²) in [6, 6.07) is 9.05. The lowest BCUT2D eigenvalue weighted by molar-refractivity contribution is 0.425. The Morgan fingerprint density at radius 3 is 2.68 bits per heavy atom. The second kappa shape index (κ2) is 9.14. The predicted molar refractivity (Wildman–Crippen MR) is 144 cm³/mol. The lowest BCUT2D eigenvalue weighted by atomic mass is 10.0. The van der Waals surface area contributed by atoms with Gasteiger partial charge in [0.2, 0.25) is 0 Å². The molecule has 6 rings (SSSR count). The summed E-state index contributed by atoms with van der Waals surface area (Å²) in [5, 5.41) is 17.1. The van der Waals surface area contributed by atoms with E-state index in [1.807, 2.05) is 45.5 Å². The number of aryl methyl sites for hydroxylation is 1. The topological polar surface area (TPSA) is 103 Å². The van der Waals surface area contributed by atoms with E-state index in [0.717, 1.165) is 74.4 Å². The summed E-state index contributed by atoms with van der Waals surface area (Å²) in [4.78, 5) is 14.5. The zero-order valence-electron chi connectivity index (χ0n) is 20.7. The Labute approximate surface area is 212 Å². The summed E-state index contributed by atoms with van der Waals surface area (Å²) >= 11 is 0. The number of benzene rings is 1. The van der Waals surface area contributed by atoms with Crippen LogP contribution in [0.15, 0.2) is 61.3 Å². The van der Waals surface area contributed by atoms with Gasteiger partial charge in [0.1, 0.15) is 11.5 Å². The monoisotopic (exact) mass is 495 g/mol. The Morgan fingerprint density at radius 2 is 1.86 bits per heavy atom. The maximum absolute atomic E-state index is 14.6. The second-order valence-electron chi connectivity index (χ2n) is 9.38. The van der Waals surface area contributed by atoms with Crippen LogP contribution in [0.1, 0.15) is 0 Å². The number of nitrogens with zero attached hydrogens (tertiary/aromatic N) is 6. The van der Waals surface area contributed by atoms with Crippen LogP contribution in [0.25, 0.3) is 55.6 Å². The first-order valence-electron chi connectivity index (χ1n) is 11.9. The van der Waals surface area contributed by atoms with Crippen LogP contribution in [-0.2, 0) is 7.05 Å². The first kappa shape index (κ1) is 22.9. The minimum absolute atomic E-state index is 0.300. The molecule has 0 atom stereocenters. The third-order valence-electron chi connectivity index (χ3n) is 6.35. The van der Waals surface area contributed by atoms with Gasteiger partial charge in [0.25, 0.3) is 0 Å². The maximum Gasteiger partial charge on any atom is 0.125 e. The van der Waals surface area contributed by atoms with Gasteiger partial charge in [0, 0.05) is 60.1 Å². The number of nitrogens with one attached hydrogen (secondary N) is 3. The van der Waals surface area contributed by atoms with Crippen molar-refractivity contribution in [2.45, 2.75) is 0 Å². The standard InChI is InChI=1S/C27H26FN9/c1-36(2)5-4-30-19-7-16(6-18(28)8-19)22-12-29-13-25-20(22)9-24(33-25)27-21-10-23(17-11-32-37(3)15-17)31-14-26(21)34-35-27/h6-15,30,33H,4-5H2,1-3H3,(H,34,35). The summed E-state index contributed by atoms with van der Waals surface area (Å²) in [6.07, 6.45) is 9.04. The van der Waals surface area contributed by atoms with Gasteiger partial charge in [0.05, 0.1) is 41.0 Å². The van der Waals surface area contributed by atoms with Crippen LogP contribution in [0.3, 0.4) is 0 Å². The normalized spacial score (nSPS) is 11.7. The molecular formula is C27H26FN9. The van der Waals surface area contributed by atoms with Crippen molar-refractivity contribution < 1.29 is 4.39 Å². The van der Waals surface area contributed by atoms with E-state index < -0.39 is 0 Å². The molecule has 9 nitrogen and oxygen atoms in total. The first-order valence-corrected chi connectivity index (χ1v) is 11.9. The molecule has 0 bridgehead atoms. The molecule has 0 aliphatic carbocycles. The predicted octanol–water partition coefficient (Wildman–Crippen LogP) is 4.68. The molecular weight excluding hydrogens is 469 g/mol. The Hall–Kier alpha value is -4.57. The van der Waals surface area contributed by atoms with Crippen molar-refractivity contribution in [1.82, 2.24) is 39.8 Å². The smallest absolute Gasteiger partial charge is 0.125 e. The molecule has 0 fully saturated rings. The number of aromatic nitrogens is 7. The zero-order chi connectivity index (χ0) is 25.5. The molecule has 1 aromatic carbocycles. The number of aromatic amines is 2. The van der Waals surface area contributed by atoms with Crippen molar-refractivity contribution in [3.8, 4) is 33.8 Å². The van der Waals surface area contributed by atoms with Crippen LogP contribution in [-0.4, -0.2) is 67.0 Å². The highest BCUT2D eigenvalue weighted by molar-refractivity contribution is 6.01. The van der Waals surface area contributed by atoms with Gasteiger partial charge in [-0.05, 0) is 50.0 Å². The molecule has 5 aromatic heterocycles. The lowest BCUT2D eigenvalue weighted by Crippen LogP contribution is -2.20. The van der Waals surface area contributed by atoms with E-state index in [1.54, 1.807) is 29.5 Å². The fourth-order valence-electron chi connectivity index (χ4n) is 4.51. The lowest BCUT2D eigenvalue weighted by Gasteiger charge is -2.13. The average Bonchev–Trinajstić information content (AvgIpc) is 3.60. The Bertz CT molecular complexity index is 1730. The van der Waals surface area contributed by atoms with Gasteiger partial charge < -0.3 is 15.2 Å². The number of pyridine rings is 2. The van der Waals surface area contributed by atoms with Gasteiger partial charge in [-0.2, -0.15) is 10.2 Å². The first-order chi connectivity index (χ1) is 17.9. The Balaban J connectivity index is 1.40. The summed E-state index contributed by atoms with van der Waals surface area (Å²) in [6.45, 7) is 1.56. The summed E-state index contributed by atoms with van der Waals surface area (Å²) in [5.74, 6) is -0.300. The number of hydrogen-bond donors (Lipinski definition) is 3. The van der Waals surface area contributed by atoms with Crippen molar-refractivity contribution >= 4 is 27.5 Å². The highest BCUT2D eigenvalue weighted by atomic mass is 19.1. The van der Waals surface area contributed by atoms with Crippen LogP contribution in [0.2, 0.25) is 0 Å². The summed E-state index contributed by atoms with van der Waals surface area (Å²) < 4.78 is 16.3. The number of anilines is 1. The van der Waals surface area contributed by atoms with Crippen LogP contribution in [0.4, 0.5) is 10.1 Å². The molecule has 0 aliphatic heterocycles. The molecule has 5 heterocycles. The third-order valence-corrected chi connectivity index (χ3v) is 6.35. The molecule has 0 aliphatic rings. The highest BCUT2D eigenvalue weighted by Gasteiger charge is 2.16. The number of likely N-dealkylation sites (N-methyl/N-ethyl adjacent to an activating group) is 1. The van der Waals surface area contributed by atoms with E-state index in [9.17, 15) is 4.39 Å². The molecule has 0 unspecified atom stereocenters. The van der Waals surface area contributed by atoms with Crippen molar-refractivity contribution in [2.75, 3.05) is 32.5 Å². The van der Waals surface area contributed by atoms with Gasteiger partial charge in [-0.15, -0.1) is 0 Å². The quantitative estimate of drug-likeness (QED) is 0.297. The fourth-order valence-corrected chi connectivity index (χ4v) is 4.51. The van der Waals surface area contributed by atoms with Crippen LogP contribution in [0.5, 0.6) is 0 Å². The molecule has 3 N–H and O–H groups in total. The molecule has 6 aromatic rings. The number of halogens is 1. The molecule has 0 saturated heterocycles. The molecule has 10 heteroatoms. The minimum Gasteiger partial charge on any atom is -0.384 e. The second-order valence-corrected chi connectivity index (χ2v) is 9.38. The zero-order valence-corrected chi connectivity index (χ0v) is 20.7. The van der Waals surface area contributed by atoms with Gasteiger partial charge in [-0.3, -0.25) is 19.7 Å². The van der Waals surface area contributed by atoms with Crippen LogP contribution >= 0.6 is 0 Å². The van der Waals surface area contributed by atoms with Crippen LogP contribution < -0.4 is 5.32 Å². The van der Waals surface area contributed by atoms with Crippen molar-refractivity contribution in [2.24, 2.45) is 7.05 Å². The summed E-state index contributed by atoms with van der Waals surface area (Å²) in [7, 11) is 5.89. The SMILES string of the molecule is CN(C)CCNc1cc(F)cc(-c2cncc3[nH]c(-c4n[nH]c5cnc(-c6cnn(C)c6)cc45)cc23)c1. The molecule has 0 saturated carbocycles. The van der Waals surface area contributed by atoms with E-state index in [-0.39, 0.29) is 5.82 Å². The van der Waals surface area contributed by atoms with Gasteiger partial charge >= 0.3 is 0 Å². The Morgan fingerprint density at radius 1 is 0.973 bits per heavy atom. The summed E-state index contributed by atoms with van der Waals surface area (Å²) in [5.41, 5.74) is 7.36. The van der Waals surface area contributed by atoms with E-state index in [2.05, 4.69) is 40.5 Å². The molecule has 37 heavy (non-hydrogen) atoms. The van der Waals surface area contributed by atoms with E-state index in [1.165, 1.54) is 12.1 Å². The highest BCUT2D eigenvalue weighted by Crippen LogP contribution is 2.35. The number of fused-ring (bicyclic) bond motifs is 2. The van der Waals surface area contributed by atoms with Gasteiger partial charge in [0.15, 0.2) is 0 Å². The average molecular weight is 496 g/mol. The van der Waals surface area contributed by atoms with Crippen molar-refractivity contribution in [1.29, 1.82) is 0 Å². The van der Waals surface area contributed by atoms with E-state index >= 15 is 0 Å². The number of rotatable bonds is 7. The third kappa shape index (κ3) is 4.43. The van der Waals surface area contributed by atoms with Crippen molar-refractivity contribution in [3.05, 3.63) is 67.1 Å². The molecule has 0 amide bonds. The Kier molecular flexibility index (Phi) is 5.65. The largest absolute Gasteiger partial charge is 0.384 e. The van der Waals surface area contributed by atoms with E-state index in [0.29, 0.717) is 0 Å². The fraction of sp³-hybridized carbons (Fsp3) is 0.185. The molecule has 186 valence electrons. The maximum atomic E-state index is 14.6. The minimum atomic E-state index is -0.300. The number of hydrogen-bond acceptors (Lipinski definition) is 6. The van der Waals surface area contributed by atoms with Crippen molar-refractivity contribution in [3.63, 3.8) is 0 Å². The van der Waals surface area contributed by atoms with Gasteiger partial charge in [-0.1, -0.05) is 0 Å². The van der Waals surface area contributed by atoms with Gasteiger partial charge in [-0.25, -0.2) is 4.39 Å².